The van der Waals surface area contributed by atoms with Crippen LogP contribution in [0.1, 0.15) is 11.1 Å². The molecule has 0 fully saturated rings. The summed E-state index contributed by atoms with van der Waals surface area (Å²) in [7, 11) is -3.37. The van der Waals surface area contributed by atoms with E-state index < -0.39 is 9.84 Å². The van der Waals surface area contributed by atoms with Crippen LogP contribution >= 0.6 is 0 Å². The number of benzene rings is 2. The number of carbonyl (C=O) groups excluding carboxylic acids is 1. The first kappa shape index (κ1) is 16.5. The van der Waals surface area contributed by atoms with Crippen LogP contribution in [-0.4, -0.2) is 38.2 Å². The molecule has 1 aliphatic heterocycles. The molecule has 3 rings (SSSR count). The standard InChI is InChI=1S/C18H20N2O3S/c21-18(20-12-10-15-6-4-5-7-16(15)14-20)19-11-13-24(22,23)17-8-2-1-3-9-17/h1-9H,10-14H2,(H,19,21). The molecule has 2 aromatic carbocycles. The van der Waals surface area contributed by atoms with Crippen molar-refractivity contribution in [2.24, 2.45) is 0 Å². The first-order chi connectivity index (χ1) is 11.6. The SMILES string of the molecule is O=C(NCCS(=O)(=O)c1ccccc1)N1CCc2ccccc2C1. The Bertz CT molecular complexity index is 819. The summed E-state index contributed by atoms with van der Waals surface area (Å²) in [4.78, 5) is 14.3. The molecule has 0 radical (unpaired) electrons. The highest BCUT2D eigenvalue weighted by molar-refractivity contribution is 7.91. The van der Waals surface area contributed by atoms with Gasteiger partial charge in [-0.1, -0.05) is 42.5 Å². The van der Waals surface area contributed by atoms with Gasteiger partial charge >= 0.3 is 6.03 Å². The molecule has 1 N–H and O–H groups in total. The highest BCUT2D eigenvalue weighted by Gasteiger charge is 2.21. The van der Waals surface area contributed by atoms with Gasteiger partial charge in [-0.15, -0.1) is 0 Å². The summed E-state index contributed by atoms with van der Waals surface area (Å²) in [6, 6.07) is 16.1. The van der Waals surface area contributed by atoms with Gasteiger partial charge < -0.3 is 10.2 Å². The Morgan fingerprint density at radius 1 is 1.00 bits per heavy atom. The van der Waals surface area contributed by atoms with E-state index in [0.29, 0.717) is 13.1 Å². The van der Waals surface area contributed by atoms with Gasteiger partial charge in [0, 0.05) is 19.6 Å². The molecule has 2 aromatic rings. The normalized spacial score (nSPS) is 14.1. The van der Waals surface area contributed by atoms with Crippen LogP contribution in [0.3, 0.4) is 0 Å². The van der Waals surface area contributed by atoms with Gasteiger partial charge in [0.25, 0.3) is 0 Å². The molecule has 0 saturated carbocycles. The number of rotatable bonds is 4. The third-order valence-electron chi connectivity index (χ3n) is 4.17. The van der Waals surface area contributed by atoms with E-state index >= 15 is 0 Å². The second-order valence-electron chi connectivity index (χ2n) is 5.80. The molecule has 5 nitrogen and oxygen atoms in total. The first-order valence-electron chi connectivity index (χ1n) is 7.94. The number of sulfone groups is 1. The number of carbonyl (C=O) groups is 1. The predicted molar refractivity (Wildman–Crippen MR) is 92.4 cm³/mol. The topological polar surface area (TPSA) is 66.5 Å². The second-order valence-corrected chi connectivity index (χ2v) is 7.91. The van der Waals surface area contributed by atoms with Crippen molar-refractivity contribution < 1.29 is 13.2 Å². The van der Waals surface area contributed by atoms with E-state index in [9.17, 15) is 13.2 Å². The fourth-order valence-corrected chi connectivity index (χ4v) is 4.00. The lowest BCUT2D eigenvalue weighted by molar-refractivity contribution is 0.193. The lowest BCUT2D eigenvalue weighted by Gasteiger charge is -2.28. The monoisotopic (exact) mass is 344 g/mol. The molecule has 0 aromatic heterocycles. The lowest BCUT2D eigenvalue weighted by atomic mass is 10.0. The molecule has 1 heterocycles. The summed E-state index contributed by atoms with van der Waals surface area (Å²) in [6.07, 6.45) is 0.825. The van der Waals surface area contributed by atoms with Crippen LogP contribution in [0.2, 0.25) is 0 Å². The molecule has 24 heavy (non-hydrogen) atoms. The van der Waals surface area contributed by atoms with E-state index in [1.807, 2.05) is 18.2 Å². The number of fused-ring (bicyclic) bond motifs is 1. The highest BCUT2D eigenvalue weighted by Crippen LogP contribution is 2.18. The van der Waals surface area contributed by atoms with Crippen molar-refractivity contribution in [3.63, 3.8) is 0 Å². The number of nitrogens with zero attached hydrogens (tertiary/aromatic N) is 1. The van der Waals surface area contributed by atoms with E-state index in [0.717, 1.165) is 12.0 Å². The zero-order chi connectivity index (χ0) is 17.0. The zero-order valence-electron chi connectivity index (χ0n) is 13.3. The van der Waals surface area contributed by atoms with Crippen LogP contribution < -0.4 is 5.32 Å². The third kappa shape index (κ3) is 3.76. The average molecular weight is 344 g/mol. The lowest BCUT2D eigenvalue weighted by Crippen LogP contribution is -2.44. The van der Waals surface area contributed by atoms with Gasteiger partial charge in [0.15, 0.2) is 9.84 Å². The maximum Gasteiger partial charge on any atom is 0.317 e. The van der Waals surface area contributed by atoms with Crippen LogP contribution in [0, 0.1) is 0 Å². The molecule has 2 amide bonds. The van der Waals surface area contributed by atoms with Crippen molar-refractivity contribution in [2.45, 2.75) is 17.9 Å². The minimum absolute atomic E-state index is 0.104. The third-order valence-corrected chi connectivity index (χ3v) is 5.90. The molecule has 1 aliphatic rings. The van der Waals surface area contributed by atoms with E-state index in [4.69, 9.17) is 0 Å². The number of hydrogen-bond acceptors (Lipinski definition) is 3. The van der Waals surface area contributed by atoms with Crippen molar-refractivity contribution >= 4 is 15.9 Å². The van der Waals surface area contributed by atoms with Gasteiger partial charge in [0.1, 0.15) is 0 Å². The second kappa shape index (κ2) is 7.05. The Hall–Kier alpha value is -2.34. The van der Waals surface area contributed by atoms with Gasteiger partial charge in [-0.05, 0) is 29.7 Å². The summed E-state index contributed by atoms with van der Waals surface area (Å²) in [6.45, 7) is 1.32. The number of nitrogens with one attached hydrogen (secondary N) is 1. The Morgan fingerprint density at radius 3 is 2.42 bits per heavy atom. The molecule has 0 saturated heterocycles. The van der Waals surface area contributed by atoms with Crippen molar-refractivity contribution in [3.05, 3.63) is 65.7 Å². The fourth-order valence-electron chi connectivity index (χ4n) is 2.82. The van der Waals surface area contributed by atoms with Gasteiger partial charge in [-0.25, -0.2) is 13.2 Å². The minimum Gasteiger partial charge on any atom is -0.337 e. The summed E-state index contributed by atoms with van der Waals surface area (Å²) < 4.78 is 24.4. The summed E-state index contributed by atoms with van der Waals surface area (Å²) >= 11 is 0. The maximum absolute atomic E-state index is 12.3. The smallest absolute Gasteiger partial charge is 0.317 e. The molecule has 126 valence electrons. The quantitative estimate of drug-likeness (QED) is 0.925. The molecular formula is C18H20N2O3S. The molecule has 6 heteroatoms. The van der Waals surface area contributed by atoms with Crippen LogP contribution in [0.4, 0.5) is 4.79 Å². The predicted octanol–water partition coefficient (Wildman–Crippen LogP) is 2.23. The highest BCUT2D eigenvalue weighted by atomic mass is 32.2. The Kier molecular flexibility index (Phi) is 4.85. The van der Waals surface area contributed by atoms with Crippen LogP contribution in [-0.2, 0) is 22.8 Å². The summed E-state index contributed by atoms with van der Waals surface area (Å²) in [5.74, 6) is -0.104. The molecule has 0 aliphatic carbocycles. The largest absolute Gasteiger partial charge is 0.337 e. The van der Waals surface area contributed by atoms with Crippen LogP contribution in [0.15, 0.2) is 59.5 Å². The minimum atomic E-state index is -3.37. The molecule has 0 atom stereocenters. The molecule has 0 unspecified atom stereocenters. The average Bonchev–Trinajstić information content (AvgIpc) is 2.62. The van der Waals surface area contributed by atoms with E-state index in [1.54, 1.807) is 35.2 Å². The van der Waals surface area contributed by atoms with Crippen molar-refractivity contribution in [2.75, 3.05) is 18.8 Å². The molecule has 0 spiro atoms. The Morgan fingerprint density at radius 2 is 1.67 bits per heavy atom. The fraction of sp³-hybridized carbons (Fsp3) is 0.278. The number of urea groups is 1. The summed E-state index contributed by atoms with van der Waals surface area (Å²) in [5, 5.41) is 2.72. The van der Waals surface area contributed by atoms with Crippen LogP contribution in [0.25, 0.3) is 0 Å². The zero-order valence-corrected chi connectivity index (χ0v) is 14.1. The Balaban J connectivity index is 1.53. The number of hydrogen-bond donors (Lipinski definition) is 1. The van der Waals surface area contributed by atoms with Gasteiger partial charge in [0.2, 0.25) is 0 Å². The van der Waals surface area contributed by atoms with E-state index in [2.05, 4.69) is 11.4 Å². The number of amides is 2. The maximum atomic E-state index is 12.3. The van der Waals surface area contributed by atoms with Crippen molar-refractivity contribution in [1.82, 2.24) is 10.2 Å². The van der Waals surface area contributed by atoms with Crippen molar-refractivity contribution in [1.29, 1.82) is 0 Å². The Labute approximate surface area is 142 Å². The molecule has 0 bridgehead atoms. The van der Waals surface area contributed by atoms with Gasteiger partial charge in [-0.3, -0.25) is 0 Å². The van der Waals surface area contributed by atoms with Crippen molar-refractivity contribution in [3.8, 4) is 0 Å². The van der Waals surface area contributed by atoms with E-state index in [1.165, 1.54) is 5.56 Å². The molecular weight excluding hydrogens is 324 g/mol. The van der Waals surface area contributed by atoms with E-state index in [-0.39, 0.29) is 23.2 Å². The summed E-state index contributed by atoms with van der Waals surface area (Å²) in [5.41, 5.74) is 2.42. The van der Waals surface area contributed by atoms with Gasteiger partial charge in [0.05, 0.1) is 10.6 Å². The van der Waals surface area contributed by atoms with Crippen LogP contribution in [0.5, 0.6) is 0 Å². The first-order valence-corrected chi connectivity index (χ1v) is 9.59. The van der Waals surface area contributed by atoms with Gasteiger partial charge in [-0.2, -0.15) is 0 Å².